The SMILES string of the molecule is CC(C(=O)Nc1nc(Cl)c2[nH]cnc2n1)n1cncn1. The van der Waals surface area contributed by atoms with E-state index in [1.165, 1.54) is 23.7 Å². The molecule has 102 valence electrons. The molecule has 0 saturated carbocycles. The maximum absolute atomic E-state index is 12.0. The fourth-order valence-electron chi connectivity index (χ4n) is 1.61. The summed E-state index contributed by atoms with van der Waals surface area (Å²) in [5, 5.41) is 6.65. The molecular formula is C10H9ClN8O. The van der Waals surface area contributed by atoms with Gasteiger partial charge < -0.3 is 4.98 Å². The van der Waals surface area contributed by atoms with E-state index in [1.54, 1.807) is 6.92 Å². The Morgan fingerprint density at radius 1 is 1.50 bits per heavy atom. The normalized spacial score (nSPS) is 12.5. The Morgan fingerprint density at radius 3 is 3.10 bits per heavy atom. The molecule has 0 radical (unpaired) electrons. The van der Waals surface area contributed by atoms with Crippen molar-refractivity contribution in [3.8, 4) is 0 Å². The van der Waals surface area contributed by atoms with Crippen LogP contribution in [0.25, 0.3) is 11.2 Å². The van der Waals surface area contributed by atoms with Gasteiger partial charge in [0.15, 0.2) is 10.8 Å². The highest BCUT2D eigenvalue weighted by molar-refractivity contribution is 6.33. The van der Waals surface area contributed by atoms with Crippen LogP contribution in [-0.2, 0) is 4.79 Å². The monoisotopic (exact) mass is 292 g/mol. The Labute approximate surface area is 117 Å². The first-order chi connectivity index (χ1) is 9.65. The third kappa shape index (κ3) is 2.18. The summed E-state index contributed by atoms with van der Waals surface area (Å²) in [5.74, 6) is -0.243. The molecule has 3 rings (SSSR count). The first kappa shape index (κ1) is 12.5. The molecule has 0 aromatic carbocycles. The lowest BCUT2D eigenvalue weighted by molar-refractivity contribution is -0.119. The summed E-state index contributed by atoms with van der Waals surface area (Å²) < 4.78 is 1.42. The van der Waals surface area contributed by atoms with Crippen molar-refractivity contribution >= 4 is 34.6 Å². The lowest BCUT2D eigenvalue weighted by atomic mass is 10.3. The smallest absolute Gasteiger partial charge is 0.251 e. The number of imidazole rings is 1. The van der Waals surface area contributed by atoms with E-state index < -0.39 is 6.04 Å². The minimum absolute atomic E-state index is 0.0894. The first-order valence-corrected chi connectivity index (χ1v) is 6.04. The molecule has 1 unspecified atom stereocenters. The van der Waals surface area contributed by atoms with Crippen LogP contribution < -0.4 is 5.32 Å². The number of aromatic nitrogens is 7. The average molecular weight is 293 g/mol. The second-order valence-corrected chi connectivity index (χ2v) is 4.34. The summed E-state index contributed by atoms with van der Waals surface area (Å²) >= 11 is 5.96. The van der Waals surface area contributed by atoms with Crippen molar-refractivity contribution in [1.29, 1.82) is 0 Å². The summed E-state index contributed by atoms with van der Waals surface area (Å²) in [7, 11) is 0. The van der Waals surface area contributed by atoms with Crippen LogP contribution in [0.4, 0.5) is 5.95 Å². The number of halogens is 1. The minimum Gasteiger partial charge on any atom is -0.341 e. The van der Waals surface area contributed by atoms with Gasteiger partial charge in [-0.2, -0.15) is 15.1 Å². The van der Waals surface area contributed by atoms with Crippen LogP contribution >= 0.6 is 11.6 Å². The van der Waals surface area contributed by atoms with E-state index in [9.17, 15) is 4.79 Å². The Bertz CT molecular complexity index is 752. The maximum Gasteiger partial charge on any atom is 0.251 e. The van der Waals surface area contributed by atoms with Crippen molar-refractivity contribution in [2.75, 3.05) is 5.32 Å². The predicted molar refractivity (Wildman–Crippen MR) is 70.1 cm³/mol. The first-order valence-electron chi connectivity index (χ1n) is 5.67. The van der Waals surface area contributed by atoms with Crippen LogP contribution in [0.5, 0.6) is 0 Å². The van der Waals surface area contributed by atoms with Crippen molar-refractivity contribution < 1.29 is 4.79 Å². The van der Waals surface area contributed by atoms with Crippen molar-refractivity contribution in [2.45, 2.75) is 13.0 Å². The number of hydrogen-bond acceptors (Lipinski definition) is 6. The number of nitrogens with one attached hydrogen (secondary N) is 2. The molecule has 0 aliphatic rings. The maximum atomic E-state index is 12.0. The standard InChI is InChI=1S/C10H9ClN8O/c1-5(19-4-12-2-15-19)9(20)18-10-16-7(11)6-8(17-10)14-3-13-6/h2-5H,1H3,(H2,13,14,16,17,18,20). The summed E-state index contributed by atoms with van der Waals surface area (Å²) in [6, 6.07) is -0.547. The molecule has 0 saturated heterocycles. The highest BCUT2D eigenvalue weighted by Gasteiger charge is 2.17. The van der Waals surface area contributed by atoms with Crippen LogP contribution in [0.15, 0.2) is 19.0 Å². The van der Waals surface area contributed by atoms with Crippen LogP contribution in [0.2, 0.25) is 5.15 Å². The average Bonchev–Trinajstić information content (AvgIpc) is 3.08. The van der Waals surface area contributed by atoms with Gasteiger partial charge in [0.1, 0.15) is 24.2 Å². The van der Waals surface area contributed by atoms with Gasteiger partial charge in [0.05, 0.1) is 6.33 Å². The van der Waals surface area contributed by atoms with E-state index in [2.05, 4.69) is 35.3 Å². The minimum atomic E-state index is -0.547. The van der Waals surface area contributed by atoms with Crippen molar-refractivity contribution in [3.63, 3.8) is 0 Å². The molecule has 1 atom stereocenters. The molecular weight excluding hydrogens is 284 g/mol. The molecule has 9 nitrogen and oxygen atoms in total. The van der Waals surface area contributed by atoms with Crippen molar-refractivity contribution in [2.24, 2.45) is 0 Å². The van der Waals surface area contributed by atoms with Crippen LogP contribution in [-0.4, -0.2) is 40.6 Å². The molecule has 1 amide bonds. The largest absolute Gasteiger partial charge is 0.341 e. The lowest BCUT2D eigenvalue weighted by Gasteiger charge is -2.10. The molecule has 0 spiro atoms. The summed E-state index contributed by atoms with van der Waals surface area (Å²) in [6.07, 6.45) is 4.26. The van der Waals surface area contributed by atoms with Gasteiger partial charge in [-0.1, -0.05) is 11.6 Å². The molecule has 2 N–H and O–H groups in total. The van der Waals surface area contributed by atoms with E-state index >= 15 is 0 Å². The van der Waals surface area contributed by atoms with E-state index in [-0.39, 0.29) is 17.0 Å². The second kappa shape index (κ2) is 4.85. The Hall–Kier alpha value is -2.55. The van der Waals surface area contributed by atoms with Crippen LogP contribution in [0, 0.1) is 0 Å². The van der Waals surface area contributed by atoms with Crippen LogP contribution in [0.1, 0.15) is 13.0 Å². The highest BCUT2D eigenvalue weighted by Crippen LogP contribution is 2.18. The molecule has 0 fully saturated rings. The van der Waals surface area contributed by atoms with Gasteiger partial charge >= 0.3 is 0 Å². The Kier molecular flexibility index (Phi) is 3.03. The third-order valence-corrected chi connectivity index (χ3v) is 2.96. The van der Waals surface area contributed by atoms with E-state index in [4.69, 9.17) is 11.6 Å². The molecule has 3 heterocycles. The zero-order valence-corrected chi connectivity index (χ0v) is 11.0. The van der Waals surface area contributed by atoms with Gasteiger partial charge in [-0.3, -0.25) is 10.1 Å². The third-order valence-electron chi connectivity index (χ3n) is 2.69. The number of rotatable bonds is 3. The van der Waals surface area contributed by atoms with Crippen molar-refractivity contribution in [1.82, 2.24) is 34.7 Å². The fourth-order valence-corrected chi connectivity index (χ4v) is 1.83. The van der Waals surface area contributed by atoms with Gasteiger partial charge in [0.25, 0.3) is 5.91 Å². The molecule has 0 aliphatic carbocycles. The quantitative estimate of drug-likeness (QED) is 0.690. The number of carbonyl (C=O) groups excluding carboxylic acids is 1. The number of fused-ring (bicyclic) bond motifs is 1. The zero-order valence-electron chi connectivity index (χ0n) is 10.3. The van der Waals surface area contributed by atoms with Crippen molar-refractivity contribution in [3.05, 3.63) is 24.1 Å². The number of H-pyrrole nitrogens is 1. The summed E-state index contributed by atoms with van der Waals surface area (Å²) in [6.45, 7) is 1.68. The highest BCUT2D eigenvalue weighted by atomic mass is 35.5. The molecule has 10 heteroatoms. The number of nitrogens with zero attached hydrogens (tertiary/aromatic N) is 6. The summed E-state index contributed by atoms with van der Waals surface area (Å²) in [4.78, 5) is 30.7. The predicted octanol–water partition coefficient (Wildman–Crippen LogP) is 0.797. The second-order valence-electron chi connectivity index (χ2n) is 3.98. The lowest BCUT2D eigenvalue weighted by Crippen LogP contribution is -2.25. The van der Waals surface area contributed by atoms with E-state index in [0.29, 0.717) is 11.2 Å². The van der Waals surface area contributed by atoms with Gasteiger partial charge in [-0.05, 0) is 6.92 Å². The number of aromatic amines is 1. The number of anilines is 1. The number of amides is 1. The Balaban J connectivity index is 1.84. The van der Waals surface area contributed by atoms with Crippen LogP contribution in [0.3, 0.4) is 0 Å². The Morgan fingerprint density at radius 2 is 2.35 bits per heavy atom. The topological polar surface area (TPSA) is 114 Å². The summed E-state index contributed by atoms with van der Waals surface area (Å²) in [5.41, 5.74) is 0.905. The van der Waals surface area contributed by atoms with Gasteiger partial charge in [-0.25, -0.2) is 14.6 Å². The zero-order chi connectivity index (χ0) is 14.1. The molecule has 20 heavy (non-hydrogen) atoms. The molecule has 3 aromatic heterocycles. The van der Waals surface area contributed by atoms with Gasteiger partial charge in [0.2, 0.25) is 5.95 Å². The molecule has 0 aliphatic heterocycles. The van der Waals surface area contributed by atoms with Gasteiger partial charge in [0, 0.05) is 0 Å². The van der Waals surface area contributed by atoms with E-state index in [1.807, 2.05) is 0 Å². The van der Waals surface area contributed by atoms with E-state index in [0.717, 1.165) is 0 Å². The molecule has 3 aromatic rings. The molecule has 0 bridgehead atoms. The van der Waals surface area contributed by atoms with Gasteiger partial charge in [-0.15, -0.1) is 0 Å². The number of carbonyl (C=O) groups is 1. The fraction of sp³-hybridized carbons (Fsp3) is 0.200. The number of hydrogen-bond donors (Lipinski definition) is 2.